The van der Waals surface area contributed by atoms with Gasteiger partial charge in [-0.15, -0.1) is 0 Å². The van der Waals surface area contributed by atoms with Gasteiger partial charge in [0.15, 0.2) is 5.75 Å². The predicted molar refractivity (Wildman–Crippen MR) is 73.2 cm³/mol. The summed E-state index contributed by atoms with van der Waals surface area (Å²) in [6.07, 6.45) is 0.110. The largest absolute Gasteiger partial charge is 0.490 e. The fraction of sp³-hybridized carbons (Fsp3) is 0.385. The Labute approximate surface area is 120 Å². The zero-order valence-electron chi connectivity index (χ0n) is 11.7. The van der Waals surface area contributed by atoms with E-state index in [1.807, 2.05) is 0 Å². The van der Waals surface area contributed by atoms with E-state index in [4.69, 9.17) is 9.84 Å². The van der Waals surface area contributed by atoms with E-state index in [0.717, 1.165) is 0 Å². The molecule has 1 unspecified atom stereocenters. The van der Waals surface area contributed by atoms with Gasteiger partial charge in [-0.3, -0.25) is 14.9 Å². The lowest BCUT2D eigenvalue weighted by Gasteiger charge is -2.14. The molecule has 0 aliphatic heterocycles. The highest BCUT2D eigenvalue weighted by molar-refractivity contribution is 5.83. The summed E-state index contributed by atoms with van der Waals surface area (Å²) in [7, 11) is 1.31. The van der Waals surface area contributed by atoms with E-state index in [1.54, 1.807) is 6.92 Å². The summed E-state index contributed by atoms with van der Waals surface area (Å²) < 4.78 is 4.87. The van der Waals surface area contributed by atoms with Crippen molar-refractivity contribution in [2.45, 2.75) is 25.8 Å². The van der Waals surface area contributed by atoms with E-state index in [0.29, 0.717) is 5.56 Å². The Kier molecular flexibility index (Phi) is 5.65. The van der Waals surface area contributed by atoms with Crippen LogP contribution < -0.4 is 10.1 Å². The fourth-order valence-electron chi connectivity index (χ4n) is 1.74. The van der Waals surface area contributed by atoms with Crippen LogP contribution in [-0.2, 0) is 16.0 Å². The minimum Gasteiger partial charge on any atom is -0.490 e. The number of methoxy groups -OCH3 is 1. The normalized spacial score (nSPS) is 11.5. The van der Waals surface area contributed by atoms with Crippen LogP contribution in [0.15, 0.2) is 18.2 Å². The van der Waals surface area contributed by atoms with E-state index in [2.05, 4.69) is 5.32 Å². The van der Waals surface area contributed by atoms with Gasteiger partial charge in [0.05, 0.1) is 12.0 Å². The zero-order chi connectivity index (χ0) is 16.0. The standard InChI is InChI=1S/C13H16N2O6/c1-3-12(16)14-9(13(17)18)6-8-4-5-11(21-2)10(7-8)15(19)20/h4-5,7,9H,3,6H2,1-2H3,(H,14,16)(H,17,18). The number of nitrogens with zero attached hydrogens (tertiary/aromatic N) is 1. The second kappa shape index (κ2) is 7.22. The van der Waals surface area contributed by atoms with Crippen LogP contribution in [0.2, 0.25) is 0 Å². The lowest BCUT2D eigenvalue weighted by atomic mass is 10.0. The Hall–Kier alpha value is -2.64. The van der Waals surface area contributed by atoms with Crippen LogP contribution in [0, 0.1) is 10.1 Å². The van der Waals surface area contributed by atoms with Crippen molar-refractivity contribution in [1.82, 2.24) is 5.32 Å². The molecule has 8 heteroatoms. The SMILES string of the molecule is CCC(=O)NC(Cc1ccc(OC)c([N+](=O)[O-])c1)C(=O)O. The van der Waals surface area contributed by atoms with Crippen LogP contribution in [0.25, 0.3) is 0 Å². The van der Waals surface area contributed by atoms with Crippen molar-refractivity contribution in [3.8, 4) is 5.75 Å². The quantitative estimate of drug-likeness (QED) is 0.575. The minimum atomic E-state index is -1.20. The number of aliphatic carboxylic acids is 1. The number of benzene rings is 1. The maximum atomic E-state index is 11.3. The number of carbonyl (C=O) groups is 2. The van der Waals surface area contributed by atoms with Crippen molar-refractivity contribution in [3.63, 3.8) is 0 Å². The Morgan fingerprint density at radius 1 is 1.48 bits per heavy atom. The van der Waals surface area contributed by atoms with Crippen LogP contribution in [-0.4, -0.2) is 35.1 Å². The van der Waals surface area contributed by atoms with Crippen molar-refractivity contribution >= 4 is 17.6 Å². The number of nitro groups is 1. The Balaban J connectivity index is 2.99. The third-order valence-electron chi connectivity index (χ3n) is 2.83. The number of carbonyl (C=O) groups excluding carboxylic acids is 1. The first-order valence-corrected chi connectivity index (χ1v) is 6.22. The van der Waals surface area contributed by atoms with Crippen LogP contribution in [0.1, 0.15) is 18.9 Å². The Morgan fingerprint density at radius 2 is 2.14 bits per heavy atom. The minimum absolute atomic E-state index is 0.0497. The molecule has 0 aromatic heterocycles. The number of ether oxygens (including phenoxy) is 1. The summed E-state index contributed by atoms with van der Waals surface area (Å²) >= 11 is 0. The van der Waals surface area contributed by atoms with Crippen LogP contribution in [0.3, 0.4) is 0 Å². The van der Waals surface area contributed by atoms with Crippen LogP contribution >= 0.6 is 0 Å². The summed E-state index contributed by atoms with van der Waals surface area (Å²) in [6.45, 7) is 1.60. The molecule has 0 heterocycles. The molecule has 1 atom stereocenters. The van der Waals surface area contributed by atoms with Gasteiger partial charge in [0.1, 0.15) is 6.04 Å². The number of amides is 1. The lowest BCUT2D eigenvalue weighted by Crippen LogP contribution is -2.42. The molecular formula is C13H16N2O6. The fourth-order valence-corrected chi connectivity index (χ4v) is 1.74. The smallest absolute Gasteiger partial charge is 0.326 e. The van der Waals surface area contributed by atoms with Crippen molar-refractivity contribution < 1.29 is 24.4 Å². The molecule has 1 amide bonds. The van der Waals surface area contributed by atoms with E-state index in [1.165, 1.54) is 25.3 Å². The average molecular weight is 296 g/mol. The lowest BCUT2D eigenvalue weighted by molar-refractivity contribution is -0.385. The summed E-state index contributed by atoms with van der Waals surface area (Å²) in [5, 5.41) is 22.4. The van der Waals surface area contributed by atoms with Gasteiger partial charge in [-0.25, -0.2) is 4.79 Å². The van der Waals surface area contributed by atoms with Crippen molar-refractivity contribution in [2.75, 3.05) is 7.11 Å². The first-order valence-electron chi connectivity index (χ1n) is 6.22. The van der Waals surface area contributed by atoms with Gasteiger partial charge >= 0.3 is 11.7 Å². The van der Waals surface area contributed by atoms with E-state index >= 15 is 0 Å². The highest BCUT2D eigenvalue weighted by Crippen LogP contribution is 2.27. The number of hydrogen-bond donors (Lipinski definition) is 2. The van der Waals surface area contributed by atoms with Gasteiger partial charge in [-0.1, -0.05) is 13.0 Å². The van der Waals surface area contributed by atoms with Gasteiger partial charge in [0.2, 0.25) is 5.91 Å². The van der Waals surface area contributed by atoms with Gasteiger partial charge in [0.25, 0.3) is 0 Å². The van der Waals surface area contributed by atoms with Gasteiger partial charge in [0, 0.05) is 18.9 Å². The highest BCUT2D eigenvalue weighted by atomic mass is 16.6. The molecule has 2 N–H and O–H groups in total. The van der Waals surface area contributed by atoms with E-state index in [9.17, 15) is 19.7 Å². The van der Waals surface area contributed by atoms with E-state index in [-0.39, 0.29) is 24.3 Å². The summed E-state index contributed by atoms with van der Waals surface area (Å²) in [5.74, 6) is -1.51. The first kappa shape index (κ1) is 16.4. The third-order valence-corrected chi connectivity index (χ3v) is 2.83. The van der Waals surface area contributed by atoms with Gasteiger partial charge < -0.3 is 15.2 Å². The van der Waals surface area contributed by atoms with Gasteiger partial charge in [-0.05, 0) is 11.6 Å². The Bertz CT molecular complexity index is 558. The van der Waals surface area contributed by atoms with Crippen LogP contribution in [0.4, 0.5) is 5.69 Å². The van der Waals surface area contributed by atoms with Crippen molar-refractivity contribution in [1.29, 1.82) is 0 Å². The summed E-state index contributed by atoms with van der Waals surface area (Å²) in [4.78, 5) is 32.7. The molecule has 1 rings (SSSR count). The maximum absolute atomic E-state index is 11.3. The molecule has 0 radical (unpaired) electrons. The number of carboxylic acid groups (broad SMARTS) is 1. The van der Waals surface area contributed by atoms with Crippen LogP contribution in [0.5, 0.6) is 5.75 Å². The highest BCUT2D eigenvalue weighted by Gasteiger charge is 2.22. The number of nitro benzene ring substituents is 1. The molecule has 0 fully saturated rings. The second-order valence-corrected chi connectivity index (χ2v) is 4.28. The summed E-state index contributed by atoms with van der Waals surface area (Å²) in [5.41, 5.74) is 0.173. The average Bonchev–Trinajstić information content (AvgIpc) is 2.45. The zero-order valence-corrected chi connectivity index (χ0v) is 11.7. The molecule has 21 heavy (non-hydrogen) atoms. The monoisotopic (exact) mass is 296 g/mol. The number of rotatable bonds is 7. The topological polar surface area (TPSA) is 119 Å². The molecule has 0 aliphatic carbocycles. The summed E-state index contributed by atoms with van der Waals surface area (Å²) in [6, 6.07) is 3.03. The second-order valence-electron chi connectivity index (χ2n) is 4.28. The molecule has 0 spiro atoms. The maximum Gasteiger partial charge on any atom is 0.326 e. The number of nitrogens with one attached hydrogen (secondary N) is 1. The number of carboxylic acids is 1. The molecular weight excluding hydrogens is 280 g/mol. The molecule has 0 bridgehead atoms. The first-order chi connectivity index (χ1) is 9.88. The molecule has 8 nitrogen and oxygen atoms in total. The molecule has 0 aliphatic rings. The molecule has 1 aromatic carbocycles. The number of hydrogen-bond acceptors (Lipinski definition) is 5. The van der Waals surface area contributed by atoms with Crippen molar-refractivity contribution in [2.24, 2.45) is 0 Å². The Morgan fingerprint density at radius 3 is 2.62 bits per heavy atom. The molecule has 0 saturated carbocycles. The van der Waals surface area contributed by atoms with E-state index < -0.39 is 22.8 Å². The third kappa shape index (κ3) is 4.44. The molecule has 1 aromatic rings. The predicted octanol–water partition coefficient (Wildman–Crippen LogP) is 1.13. The molecule has 0 saturated heterocycles. The van der Waals surface area contributed by atoms with Gasteiger partial charge in [-0.2, -0.15) is 0 Å². The molecule has 114 valence electrons. The van der Waals surface area contributed by atoms with Crippen molar-refractivity contribution in [3.05, 3.63) is 33.9 Å².